The van der Waals surface area contributed by atoms with Crippen LogP contribution in [-0.4, -0.2) is 30.6 Å². The number of carbonyl (C=O) groups excluding carboxylic acids is 1. The Bertz CT molecular complexity index is 1150. The van der Waals surface area contributed by atoms with Gasteiger partial charge in [0, 0.05) is 25.8 Å². The normalized spacial score (nSPS) is 16.3. The molecule has 1 amide bonds. The lowest BCUT2D eigenvalue weighted by molar-refractivity contribution is -0.119. The largest absolute Gasteiger partial charge is 0.332 e. The summed E-state index contributed by atoms with van der Waals surface area (Å²) in [5.41, 5.74) is 1.69. The molecule has 2 aromatic heterocycles. The molecule has 8 heteroatoms. The predicted molar refractivity (Wildman–Crippen MR) is 97.3 cm³/mol. The van der Waals surface area contributed by atoms with Gasteiger partial charge in [0.1, 0.15) is 6.54 Å². The number of anilines is 1. The molecule has 0 unspecified atom stereocenters. The highest BCUT2D eigenvalue weighted by atomic mass is 16.2. The molecule has 1 atom stereocenters. The highest BCUT2D eigenvalue weighted by molar-refractivity contribution is 5.96. The fourth-order valence-electron chi connectivity index (χ4n) is 3.68. The van der Waals surface area contributed by atoms with E-state index < -0.39 is 11.2 Å². The molecule has 26 heavy (non-hydrogen) atoms. The summed E-state index contributed by atoms with van der Waals surface area (Å²) in [7, 11) is 2.98. The van der Waals surface area contributed by atoms with Crippen LogP contribution in [0.5, 0.6) is 0 Å². The van der Waals surface area contributed by atoms with Crippen molar-refractivity contribution < 1.29 is 4.79 Å². The Labute approximate surface area is 148 Å². The van der Waals surface area contributed by atoms with Crippen LogP contribution in [0, 0.1) is 0 Å². The van der Waals surface area contributed by atoms with Crippen molar-refractivity contribution in [3.05, 3.63) is 57.0 Å². The van der Waals surface area contributed by atoms with Crippen LogP contribution in [0.15, 0.2) is 40.2 Å². The lowest BCUT2D eigenvalue weighted by atomic mass is 10.1. The minimum absolute atomic E-state index is 0.0113. The van der Waals surface area contributed by atoms with Crippen LogP contribution in [0.25, 0.3) is 11.2 Å². The minimum atomic E-state index is -0.455. The van der Waals surface area contributed by atoms with Gasteiger partial charge >= 0.3 is 5.69 Å². The van der Waals surface area contributed by atoms with Gasteiger partial charge in [-0.2, -0.15) is 0 Å². The van der Waals surface area contributed by atoms with Crippen molar-refractivity contribution >= 4 is 22.8 Å². The second kappa shape index (κ2) is 5.69. The van der Waals surface area contributed by atoms with Gasteiger partial charge < -0.3 is 9.47 Å². The summed E-state index contributed by atoms with van der Waals surface area (Å²) < 4.78 is 3.86. The number of aromatic nitrogens is 4. The molecule has 0 radical (unpaired) electrons. The number of nitrogens with zero attached hydrogens (tertiary/aromatic N) is 5. The van der Waals surface area contributed by atoms with E-state index in [1.54, 1.807) is 11.9 Å². The SMILES string of the molecule is C[C@@H]1Cc2ccccc2N1C(=O)Cn1cnc2c1c(=O)n(C)c(=O)n2C. The van der Waals surface area contributed by atoms with E-state index in [4.69, 9.17) is 0 Å². The Morgan fingerprint density at radius 2 is 1.92 bits per heavy atom. The maximum absolute atomic E-state index is 13.0. The summed E-state index contributed by atoms with van der Waals surface area (Å²) in [6, 6.07) is 7.90. The number of carbonyl (C=O) groups is 1. The molecule has 1 aliphatic rings. The van der Waals surface area contributed by atoms with E-state index in [0.717, 1.165) is 22.2 Å². The number of imidazole rings is 1. The first-order valence-electron chi connectivity index (χ1n) is 8.41. The van der Waals surface area contributed by atoms with Crippen LogP contribution in [0.1, 0.15) is 12.5 Å². The third-order valence-corrected chi connectivity index (χ3v) is 5.00. The highest BCUT2D eigenvalue weighted by Gasteiger charge is 2.31. The summed E-state index contributed by atoms with van der Waals surface area (Å²) in [5, 5.41) is 0. The molecule has 3 aromatic rings. The van der Waals surface area contributed by atoms with Crippen molar-refractivity contribution in [3.8, 4) is 0 Å². The number of amides is 1. The van der Waals surface area contributed by atoms with E-state index >= 15 is 0 Å². The van der Waals surface area contributed by atoms with Crippen LogP contribution in [0.3, 0.4) is 0 Å². The van der Waals surface area contributed by atoms with Crippen LogP contribution in [0.2, 0.25) is 0 Å². The van der Waals surface area contributed by atoms with E-state index in [-0.39, 0.29) is 29.7 Å². The van der Waals surface area contributed by atoms with Crippen molar-refractivity contribution in [2.75, 3.05) is 4.90 Å². The minimum Gasteiger partial charge on any atom is -0.315 e. The Balaban J connectivity index is 1.76. The number of benzene rings is 1. The van der Waals surface area contributed by atoms with Crippen molar-refractivity contribution in [3.63, 3.8) is 0 Å². The number of hydrogen-bond donors (Lipinski definition) is 0. The smallest absolute Gasteiger partial charge is 0.315 e. The number of para-hydroxylation sites is 1. The summed E-state index contributed by atoms with van der Waals surface area (Å²) >= 11 is 0. The second-order valence-corrected chi connectivity index (χ2v) is 6.70. The van der Waals surface area contributed by atoms with Gasteiger partial charge in [-0.1, -0.05) is 18.2 Å². The van der Waals surface area contributed by atoms with Crippen molar-refractivity contribution in [2.45, 2.75) is 25.9 Å². The summed E-state index contributed by atoms with van der Waals surface area (Å²) in [6.45, 7) is 2.00. The summed E-state index contributed by atoms with van der Waals surface area (Å²) in [6.07, 6.45) is 2.25. The second-order valence-electron chi connectivity index (χ2n) is 6.70. The number of aryl methyl sites for hydroxylation is 1. The summed E-state index contributed by atoms with van der Waals surface area (Å²) in [5.74, 6) is -0.113. The van der Waals surface area contributed by atoms with E-state index in [1.807, 2.05) is 31.2 Å². The van der Waals surface area contributed by atoms with Crippen molar-refractivity contribution in [1.29, 1.82) is 0 Å². The zero-order valence-electron chi connectivity index (χ0n) is 14.8. The molecule has 0 fully saturated rings. The molecule has 134 valence electrons. The molecule has 1 aromatic carbocycles. The molecule has 3 heterocycles. The van der Waals surface area contributed by atoms with Gasteiger partial charge in [-0.3, -0.25) is 18.7 Å². The molecule has 0 aliphatic carbocycles. The van der Waals surface area contributed by atoms with E-state index in [9.17, 15) is 14.4 Å². The zero-order valence-corrected chi connectivity index (χ0v) is 14.8. The molecule has 0 N–H and O–H groups in total. The lowest BCUT2D eigenvalue weighted by Gasteiger charge is -2.23. The Kier molecular flexibility index (Phi) is 3.57. The quantitative estimate of drug-likeness (QED) is 0.668. The predicted octanol–water partition coefficient (Wildman–Crippen LogP) is 0.411. The first-order chi connectivity index (χ1) is 12.4. The van der Waals surface area contributed by atoms with Gasteiger partial charge in [-0.05, 0) is 25.0 Å². The molecule has 0 saturated carbocycles. The Hall–Kier alpha value is -3.16. The average molecular weight is 353 g/mol. The maximum atomic E-state index is 13.0. The molecule has 0 bridgehead atoms. The number of fused-ring (bicyclic) bond motifs is 2. The molecule has 8 nitrogen and oxygen atoms in total. The Morgan fingerprint density at radius 1 is 1.19 bits per heavy atom. The lowest BCUT2D eigenvalue weighted by Crippen LogP contribution is -2.40. The fourth-order valence-corrected chi connectivity index (χ4v) is 3.68. The van der Waals surface area contributed by atoms with Crippen LogP contribution < -0.4 is 16.1 Å². The maximum Gasteiger partial charge on any atom is 0.332 e. The van der Waals surface area contributed by atoms with Gasteiger partial charge in [0.25, 0.3) is 5.56 Å². The molecule has 0 saturated heterocycles. The van der Waals surface area contributed by atoms with Gasteiger partial charge in [0.2, 0.25) is 5.91 Å². The van der Waals surface area contributed by atoms with Gasteiger partial charge in [-0.25, -0.2) is 9.78 Å². The molecular formula is C18H19N5O3. The number of rotatable bonds is 2. The molecular weight excluding hydrogens is 334 g/mol. The van der Waals surface area contributed by atoms with Crippen molar-refractivity contribution in [1.82, 2.24) is 18.7 Å². The van der Waals surface area contributed by atoms with E-state index in [0.29, 0.717) is 0 Å². The average Bonchev–Trinajstić information content (AvgIpc) is 3.18. The van der Waals surface area contributed by atoms with E-state index in [1.165, 1.54) is 22.5 Å². The summed E-state index contributed by atoms with van der Waals surface area (Å²) in [4.78, 5) is 43.5. The number of hydrogen-bond acceptors (Lipinski definition) is 4. The van der Waals surface area contributed by atoms with Crippen LogP contribution in [0.4, 0.5) is 5.69 Å². The standard InChI is InChI=1S/C18H19N5O3/c1-11-8-12-6-4-5-7-13(12)23(11)14(24)9-22-10-19-16-15(22)17(25)21(3)18(26)20(16)2/h4-7,10-11H,8-9H2,1-3H3/t11-/m1/s1. The topological polar surface area (TPSA) is 82.1 Å². The first kappa shape index (κ1) is 16.3. The fraction of sp³-hybridized carbons (Fsp3) is 0.333. The van der Waals surface area contributed by atoms with Crippen molar-refractivity contribution in [2.24, 2.45) is 14.1 Å². The molecule has 0 spiro atoms. The molecule has 1 aliphatic heterocycles. The Morgan fingerprint density at radius 3 is 2.69 bits per heavy atom. The third-order valence-electron chi connectivity index (χ3n) is 5.00. The highest BCUT2D eigenvalue weighted by Crippen LogP contribution is 2.32. The van der Waals surface area contributed by atoms with Gasteiger partial charge in [-0.15, -0.1) is 0 Å². The van der Waals surface area contributed by atoms with Gasteiger partial charge in [0.05, 0.1) is 6.33 Å². The van der Waals surface area contributed by atoms with Gasteiger partial charge in [0.15, 0.2) is 11.2 Å². The third kappa shape index (κ3) is 2.22. The first-order valence-corrected chi connectivity index (χ1v) is 8.41. The van der Waals surface area contributed by atoms with Crippen LogP contribution >= 0.6 is 0 Å². The van der Waals surface area contributed by atoms with Crippen LogP contribution in [-0.2, 0) is 31.9 Å². The molecule has 4 rings (SSSR count). The monoisotopic (exact) mass is 353 g/mol. The van der Waals surface area contributed by atoms with E-state index in [2.05, 4.69) is 4.98 Å². The zero-order chi connectivity index (χ0) is 18.6.